The fraction of sp³-hybridized carbons (Fsp3) is 0.583. The van der Waals surface area contributed by atoms with Crippen LogP contribution in [-0.4, -0.2) is 28.0 Å². The molecule has 100 valence electrons. The van der Waals surface area contributed by atoms with Gasteiger partial charge in [0.15, 0.2) is 12.1 Å². The van der Waals surface area contributed by atoms with E-state index in [1.54, 1.807) is 0 Å². The summed E-state index contributed by atoms with van der Waals surface area (Å²) < 4.78 is 5.04. The van der Waals surface area contributed by atoms with Gasteiger partial charge in [-0.3, -0.25) is 4.79 Å². The van der Waals surface area contributed by atoms with Crippen LogP contribution in [0, 0.1) is 5.92 Å². The molecule has 1 aromatic heterocycles. The van der Waals surface area contributed by atoms with E-state index in [9.17, 15) is 9.59 Å². The van der Waals surface area contributed by atoms with Gasteiger partial charge in [0.25, 0.3) is 5.91 Å². The van der Waals surface area contributed by atoms with Crippen molar-refractivity contribution in [2.24, 2.45) is 5.92 Å². The number of hydrogen-bond acceptors (Lipinski definition) is 4. The third-order valence-electron chi connectivity index (χ3n) is 2.49. The molecule has 6 nitrogen and oxygen atoms in total. The molecule has 0 bridgehead atoms. The summed E-state index contributed by atoms with van der Waals surface area (Å²) in [4.78, 5) is 26.7. The molecule has 6 heteroatoms. The molecule has 0 unspecified atom stereocenters. The van der Waals surface area contributed by atoms with Gasteiger partial charge < -0.3 is 14.8 Å². The summed E-state index contributed by atoms with van der Waals surface area (Å²) in [6.45, 7) is 5.63. The van der Waals surface area contributed by atoms with Gasteiger partial charge in [-0.1, -0.05) is 20.8 Å². The Bertz CT molecular complexity index is 425. The van der Waals surface area contributed by atoms with Crippen LogP contribution in [0.15, 0.2) is 10.8 Å². The van der Waals surface area contributed by atoms with Gasteiger partial charge in [0, 0.05) is 6.42 Å². The lowest BCUT2D eigenvalue weighted by molar-refractivity contribution is -0.139. The van der Waals surface area contributed by atoms with Crippen LogP contribution in [0.2, 0.25) is 0 Å². The fourth-order valence-electron chi connectivity index (χ4n) is 1.63. The topological polar surface area (TPSA) is 92.4 Å². The zero-order valence-corrected chi connectivity index (χ0v) is 10.8. The number of nitrogens with one attached hydrogen (secondary N) is 1. The van der Waals surface area contributed by atoms with E-state index in [2.05, 4.69) is 10.3 Å². The van der Waals surface area contributed by atoms with Crippen molar-refractivity contribution in [3.8, 4) is 0 Å². The third-order valence-corrected chi connectivity index (χ3v) is 2.49. The van der Waals surface area contributed by atoms with Crippen LogP contribution in [0.5, 0.6) is 0 Å². The molecule has 1 aromatic rings. The molecule has 0 radical (unpaired) electrons. The van der Waals surface area contributed by atoms with Crippen molar-refractivity contribution in [1.82, 2.24) is 10.3 Å². The number of nitrogens with zero attached hydrogens (tertiary/aromatic N) is 1. The lowest BCUT2D eigenvalue weighted by Gasteiger charge is -2.15. The van der Waals surface area contributed by atoms with Crippen LogP contribution < -0.4 is 5.32 Å². The Labute approximate surface area is 105 Å². The van der Waals surface area contributed by atoms with Crippen LogP contribution in [0.3, 0.4) is 0 Å². The summed E-state index contributed by atoms with van der Waals surface area (Å²) in [6, 6.07) is -0.904. The van der Waals surface area contributed by atoms with E-state index in [1.807, 2.05) is 20.8 Å². The van der Waals surface area contributed by atoms with Crippen molar-refractivity contribution in [1.29, 1.82) is 0 Å². The van der Waals surface area contributed by atoms with Gasteiger partial charge in [-0.05, 0) is 12.3 Å². The largest absolute Gasteiger partial charge is 0.480 e. The van der Waals surface area contributed by atoms with E-state index >= 15 is 0 Å². The summed E-state index contributed by atoms with van der Waals surface area (Å²) in [5.41, 5.74) is 0.160. The van der Waals surface area contributed by atoms with Gasteiger partial charge >= 0.3 is 5.97 Å². The summed E-state index contributed by atoms with van der Waals surface area (Å²) in [5, 5.41) is 11.5. The number of oxazole rings is 1. The van der Waals surface area contributed by atoms with Crippen molar-refractivity contribution < 1.29 is 19.1 Å². The number of aromatic nitrogens is 1. The SMILES string of the molecule is CCc1ocnc1C(=O)N[C@H](CC(C)C)C(=O)O. The molecule has 0 aliphatic rings. The van der Waals surface area contributed by atoms with E-state index in [-0.39, 0.29) is 11.6 Å². The normalized spacial score (nSPS) is 12.4. The summed E-state index contributed by atoms with van der Waals surface area (Å²) >= 11 is 0. The standard InChI is InChI=1S/C12H18N2O4/c1-4-9-10(13-6-18-9)11(15)14-8(12(16)17)5-7(2)3/h6-8H,4-5H2,1-3H3,(H,14,15)(H,16,17)/t8-/m1/s1. The maximum absolute atomic E-state index is 11.9. The molecular formula is C12H18N2O4. The zero-order valence-electron chi connectivity index (χ0n) is 10.8. The molecule has 1 rings (SSSR count). The highest BCUT2D eigenvalue weighted by molar-refractivity contribution is 5.95. The molecule has 0 fully saturated rings. The van der Waals surface area contributed by atoms with Crippen molar-refractivity contribution in [3.63, 3.8) is 0 Å². The monoisotopic (exact) mass is 254 g/mol. The summed E-state index contributed by atoms with van der Waals surface area (Å²) in [7, 11) is 0. The highest BCUT2D eigenvalue weighted by Crippen LogP contribution is 2.10. The smallest absolute Gasteiger partial charge is 0.326 e. The van der Waals surface area contributed by atoms with Crippen LogP contribution >= 0.6 is 0 Å². The summed E-state index contributed by atoms with van der Waals surface area (Å²) in [5.74, 6) is -0.914. The molecule has 0 spiro atoms. The second kappa shape index (κ2) is 6.18. The minimum absolute atomic E-state index is 0.160. The highest BCUT2D eigenvalue weighted by Gasteiger charge is 2.24. The average Bonchev–Trinajstić information content (AvgIpc) is 2.75. The number of carboxylic acid groups (broad SMARTS) is 1. The van der Waals surface area contributed by atoms with Crippen LogP contribution in [0.25, 0.3) is 0 Å². The maximum atomic E-state index is 11.9. The Balaban J connectivity index is 2.75. The molecule has 0 saturated heterocycles. The Hall–Kier alpha value is -1.85. The first-order valence-electron chi connectivity index (χ1n) is 5.91. The van der Waals surface area contributed by atoms with Crippen molar-refractivity contribution in [2.75, 3.05) is 0 Å². The van der Waals surface area contributed by atoms with Crippen LogP contribution in [0.4, 0.5) is 0 Å². The molecule has 1 heterocycles. The average molecular weight is 254 g/mol. The minimum Gasteiger partial charge on any atom is -0.480 e. The number of aliphatic carboxylic acids is 1. The Morgan fingerprint density at radius 2 is 2.17 bits per heavy atom. The Kier molecular flexibility index (Phi) is 4.88. The number of hydrogen-bond donors (Lipinski definition) is 2. The predicted octanol–water partition coefficient (Wildman–Crippen LogP) is 1.47. The number of aryl methyl sites for hydroxylation is 1. The third kappa shape index (κ3) is 3.58. The van der Waals surface area contributed by atoms with Crippen molar-refractivity contribution in [3.05, 3.63) is 17.8 Å². The molecule has 18 heavy (non-hydrogen) atoms. The molecule has 0 aromatic carbocycles. The Morgan fingerprint density at radius 3 is 2.67 bits per heavy atom. The molecule has 0 aliphatic carbocycles. The predicted molar refractivity (Wildman–Crippen MR) is 64.2 cm³/mol. The van der Waals surface area contributed by atoms with E-state index in [0.29, 0.717) is 18.6 Å². The molecule has 2 N–H and O–H groups in total. The van der Waals surface area contributed by atoms with Crippen molar-refractivity contribution in [2.45, 2.75) is 39.7 Å². The lowest BCUT2D eigenvalue weighted by Crippen LogP contribution is -2.42. The van der Waals surface area contributed by atoms with Gasteiger partial charge in [0.2, 0.25) is 0 Å². The number of carbonyl (C=O) groups is 2. The van der Waals surface area contributed by atoms with Gasteiger partial charge in [-0.25, -0.2) is 9.78 Å². The second-order valence-electron chi connectivity index (χ2n) is 4.47. The van der Waals surface area contributed by atoms with Gasteiger partial charge in [0.05, 0.1) is 0 Å². The number of rotatable bonds is 6. The molecule has 0 saturated carbocycles. The maximum Gasteiger partial charge on any atom is 0.326 e. The van der Waals surface area contributed by atoms with E-state index in [1.165, 1.54) is 6.39 Å². The van der Waals surface area contributed by atoms with Gasteiger partial charge in [-0.2, -0.15) is 0 Å². The molecule has 1 amide bonds. The Morgan fingerprint density at radius 1 is 1.50 bits per heavy atom. The first-order chi connectivity index (χ1) is 8.45. The van der Waals surface area contributed by atoms with Gasteiger partial charge in [-0.15, -0.1) is 0 Å². The van der Waals surface area contributed by atoms with Crippen LogP contribution in [-0.2, 0) is 11.2 Å². The quantitative estimate of drug-likeness (QED) is 0.801. The highest BCUT2D eigenvalue weighted by atomic mass is 16.4. The first kappa shape index (κ1) is 14.2. The zero-order chi connectivity index (χ0) is 13.7. The molecular weight excluding hydrogens is 236 g/mol. The van der Waals surface area contributed by atoms with E-state index < -0.39 is 17.9 Å². The second-order valence-corrected chi connectivity index (χ2v) is 4.47. The van der Waals surface area contributed by atoms with Crippen molar-refractivity contribution >= 4 is 11.9 Å². The fourth-order valence-corrected chi connectivity index (χ4v) is 1.63. The molecule has 0 aliphatic heterocycles. The van der Waals surface area contributed by atoms with Gasteiger partial charge in [0.1, 0.15) is 11.8 Å². The number of amides is 1. The summed E-state index contributed by atoms with van der Waals surface area (Å²) in [6.07, 6.45) is 2.09. The van der Waals surface area contributed by atoms with E-state index in [4.69, 9.17) is 9.52 Å². The number of carbonyl (C=O) groups excluding carboxylic acids is 1. The first-order valence-corrected chi connectivity index (χ1v) is 5.91. The van der Waals surface area contributed by atoms with E-state index in [0.717, 1.165) is 0 Å². The van der Waals surface area contributed by atoms with Crippen LogP contribution in [0.1, 0.15) is 43.4 Å². The molecule has 1 atom stereocenters. The lowest BCUT2D eigenvalue weighted by atomic mass is 10.0. The minimum atomic E-state index is -1.04. The number of carboxylic acids is 1.